The Hall–Kier alpha value is -3.01. The first-order chi connectivity index (χ1) is 8.72. The van der Waals surface area contributed by atoms with Crippen molar-refractivity contribution in [3.63, 3.8) is 0 Å². The lowest BCUT2D eigenvalue weighted by Gasteiger charge is -2.05. The fourth-order valence-electron chi connectivity index (χ4n) is 1.28. The van der Waals surface area contributed by atoms with E-state index >= 15 is 0 Å². The van der Waals surface area contributed by atoms with Crippen molar-refractivity contribution < 1.29 is 9.66 Å². The molecule has 0 saturated heterocycles. The molecule has 88 valence electrons. The maximum absolute atomic E-state index is 10.8. The van der Waals surface area contributed by atoms with Crippen LogP contribution in [0, 0.1) is 21.4 Å². The van der Waals surface area contributed by atoms with Gasteiger partial charge in [-0.15, -0.1) is 5.10 Å². The van der Waals surface area contributed by atoms with Gasteiger partial charge in [-0.3, -0.25) is 10.1 Å². The van der Waals surface area contributed by atoms with Crippen LogP contribution in [0.4, 0.5) is 5.69 Å². The van der Waals surface area contributed by atoms with E-state index in [1.807, 2.05) is 6.07 Å². The number of para-hydroxylation sites is 2. The topological polar surface area (TPSA) is 102 Å². The lowest BCUT2D eigenvalue weighted by molar-refractivity contribution is -0.385. The highest BCUT2D eigenvalue weighted by atomic mass is 16.6. The predicted octanol–water partition coefficient (Wildman–Crippen LogP) is 2.05. The highest BCUT2D eigenvalue weighted by Crippen LogP contribution is 2.30. The highest BCUT2D eigenvalue weighted by molar-refractivity contribution is 5.49. The second-order valence-corrected chi connectivity index (χ2v) is 3.19. The average Bonchev–Trinajstić information content (AvgIpc) is 2.40. The molecule has 0 aliphatic carbocycles. The molecule has 1 aromatic heterocycles. The second kappa shape index (κ2) is 4.88. The van der Waals surface area contributed by atoms with Crippen molar-refractivity contribution in [2.75, 3.05) is 0 Å². The van der Waals surface area contributed by atoms with Gasteiger partial charge in [0, 0.05) is 6.07 Å². The summed E-state index contributed by atoms with van der Waals surface area (Å²) in [7, 11) is 0. The second-order valence-electron chi connectivity index (χ2n) is 3.19. The summed E-state index contributed by atoms with van der Waals surface area (Å²) in [6.07, 6.45) is 1.34. The molecule has 1 heterocycles. The fraction of sp³-hybridized carbons (Fsp3) is 0. The van der Waals surface area contributed by atoms with Gasteiger partial charge < -0.3 is 4.74 Å². The quantitative estimate of drug-likeness (QED) is 0.602. The summed E-state index contributed by atoms with van der Waals surface area (Å²) in [5.41, 5.74) is -0.0461. The summed E-state index contributed by atoms with van der Waals surface area (Å²) in [4.78, 5) is 10.2. The largest absolute Gasteiger partial charge is 0.429 e. The number of hydrogen-bond acceptors (Lipinski definition) is 6. The lowest BCUT2D eigenvalue weighted by atomic mass is 10.3. The van der Waals surface area contributed by atoms with Gasteiger partial charge in [-0.1, -0.05) is 12.1 Å². The summed E-state index contributed by atoms with van der Waals surface area (Å²) < 4.78 is 5.26. The van der Waals surface area contributed by atoms with Crippen molar-refractivity contribution in [3.05, 3.63) is 52.2 Å². The third-order valence-electron chi connectivity index (χ3n) is 2.08. The fourth-order valence-corrected chi connectivity index (χ4v) is 1.28. The van der Waals surface area contributed by atoms with E-state index in [2.05, 4.69) is 10.2 Å². The van der Waals surface area contributed by atoms with Crippen molar-refractivity contribution in [2.45, 2.75) is 0 Å². The molecule has 0 amide bonds. The summed E-state index contributed by atoms with van der Waals surface area (Å²) in [6.45, 7) is 0. The van der Waals surface area contributed by atoms with Crippen LogP contribution in [0.25, 0.3) is 0 Å². The molecule has 0 aliphatic rings. The molecule has 0 bridgehead atoms. The first kappa shape index (κ1) is 11.5. The van der Waals surface area contributed by atoms with Crippen molar-refractivity contribution in [1.82, 2.24) is 10.2 Å². The predicted molar refractivity (Wildman–Crippen MR) is 59.9 cm³/mol. The van der Waals surface area contributed by atoms with Crippen molar-refractivity contribution in [3.8, 4) is 17.7 Å². The Labute approximate surface area is 101 Å². The molecule has 0 N–H and O–H groups in total. The molecule has 0 aliphatic heterocycles. The van der Waals surface area contributed by atoms with Gasteiger partial charge in [0.1, 0.15) is 11.6 Å². The van der Waals surface area contributed by atoms with E-state index in [4.69, 9.17) is 10.00 Å². The molecule has 0 saturated carbocycles. The van der Waals surface area contributed by atoms with E-state index < -0.39 is 4.92 Å². The molecule has 2 aromatic rings. The highest BCUT2D eigenvalue weighted by Gasteiger charge is 2.16. The maximum Gasteiger partial charge on any atom is 0.311 e. The summed E-state index contributed by atoms with van der Waals surface area (Å²) in [5, 5.41) is 26.8. The molecule has 7 nitrogen and oxygen atoms in total. The first-order valence-corrected chi connectivity index (χ1v) is 4.85. The molecular formula is C11H6N4O3. The molecule has 0 fully saturated rings. The van der Waals surface area contributed by atoms with Crippen LogP contribution in [0.15, 0.2) is 36.5 Å². The van der Waals surface area contributed by atoms with Gasteiger partial charge in [0.2, 0.25) is 5.75 Å². The van der Waals surface area contributed by atoms with Gasteiger partial charge in [-0.05, 0) is 12.1 Å². The zero-order valence-corrected chi connectivity index (χ0v) is 8.98. The average molecular weight is 242 g/mol. The number of ether oxygens (including phenoxy) is 1. The van der Waals surface area contributed by atoms with E-state index in [0.717, 1.165) is 0 Å². The number of nitrogens with zero attached hydrogens (tertiary/aromatic N) is 4. The Morgan fingerprint density at radius 2 is 2.11 bits per heavy atom. The van der Waals surface area contributed by atoms with Crippen LogP contribution in [-0.2, 0) is 0 Å². The van der Waals surface area contributed by atoms with Crippen LogP contribution >= 0.6 is 0 Å². The van der Waals surface area contributed by atoms with Crippen LogP contribution < -0.4 is 4.74 Å². The molecule has 2 rings (SSSR count). The number of hydrogen-bond donors (Lipinski definition) is 0. The molecule has 7 heteroatoms. The smallest absolute Gasteiger partial charge is 0.311 e. The molecular weight excluding hydrogens is 236 g/mol. The number of nitro benzene ring substituents is 1. The van der Waals surface area contributed by atoms with Crippen LogP contribution in [0.1, 0.15) is 5.56 Å². The van der Waals surface area contributed by atoms with E-state index in [1.165, 1.54) is 30.5 Å². The number of rotatable bonds is 3. The maximum atomic E-state index is 10.8. The molecule has 18 heavy (non-hydrogen) atoms. The first-order valence-electron chi connectivity index (χ1n) is 4.85. The molecule has 1 aromatic carbocycles. The van der Waals surface area contributed by atoms with Gasteiger partial charge >= 0.3 is 5.69 Å². The number of nitro groups is 1. The molecule has 0 radical (unpaired) electrons. The molecule has 0 spiro atoms. The van der Waals surface area contributed by atoms with E-state index in [1.54, 1.807) is 6.07 Å². The van der Waals surface area contributed by atoms with Gasteiger partial charge in [0.15, 0.2) is 0 Å². The van der Waals surface area contributed by atoms with E-state index in [-0.39, 0.29) is 22.9 Å². The van der Waals surface area contributed by atoms with E-state index in [9.17, 15) is 10.1 Å². The monoisotopic (exact) mass is 242 g/mol. The van der Waals surface area contributed by atoms with Crippen LogP contribution in [0.3, 0.4) is 0 Å². The SMILES string of the molecule is N#Cc1ccnnc1Oc1ccccc1[N+](=O)[O-]. The van der Waals surface area contributed by atoms with Crippen molar-refractivity contribution >= 4 is 5.69 Å². The lowest BCUT2D eigenvalue weighted by Crippen LogP contribution is -1.97. The zero-order chi connectivity index (χ0) is 13.0. The Morgan fingerprint density at radius 3 is 2.83 bits per heavy atom. The van der Waals surface area contributed by atoms with Gasteiger partial charge in [0.05, 0.1) is 11.1 Å². The minimum Gasteiger partial charge on any atom is -0.429 e. The Balaban J connectivity index is 2.41. The Kier molecular flexibility index (Phi) is 3.11. The minimum absolute atomic E-state index is 0.0134. The molecule has 0 unspecified atom stereocenters. The third kappa shape index (κ3) is 2.22. The summed E-state index contributed by atoms with van der Waals surface area (Å²) in [5.74, 6) is -0.0474. The van der Waals surface area contributed by atoms with Gasteiger partial charge in [0.25, 0.3) is 5.88 Å². The Morgan fingerprint density at radius 1 is 1.33 bits per heavy atom. The summed E-state index contributed by atoms with van der Waals surface area (Å²) in [6, 6.07) is 9.12. The van der Waals surface area contributed by atoms with Crippen LogP contribution in [0.2, 0.25) is 0 Å². The van der Waals surface area contributed by atoms with Crippen molar-refractivity contribution in [2.24, 2.45) is 0 Å². The number of benzene rings is 1. The van der Waals surface area contributed by atoms with Crippen LogP contribution in [0.5, 0.6) is 11.6 Å². The minimum atomic E-state index is -0.572. The zero-order valence-electron chi connectivity index (χ0n) is 8.98. The number of aromatic nitrogens is 2. The normalized spacial score (nSPS) is 9.50. The van der Waals surface area contributed by atoms with Gasteiger partial charge in [-0.2, -0.15) is 10.4 Å². The van der Waals surface area contributed by atoms with Crippen LogP contribution in [-0.4, -0.2) is 15.1 Å². The summed E-state index contributed by atoms with van der Waals surface area (Å²) >= 11 is 0. The standard InChI is InChI=1S/C11H6N4O3/c12-7-8-5-6-13-14-11(8)18-10-4-2-1-3-9(10)15(16)17/h1-6H. The molecule has 0 atom stereocenters. The Bertz CT molecular complexity index is 636. The van der Waals surface area contributed by atoms with E-state index in [0.29, 0.717) is 0 Å². The van der Waals surface area contributed by atoms with Gasteiger partial charge in [-0.25, -0.2) is 0 Å². The number of nitriles is 1. The third-order valence-corrected chi connectivity index (χ3v) is 2.08. The van der Waals surface area contributed by atoms with Crippen molar-refractivity contribution in [1.29, 1.82) is 5.26 Å².